The van der Waals surface area contributed by atoms with Crippen LogP contribution in [0.25, 0.3) is 0 Å². The molecule has 1 aromatic carbocycles. The Balaban J connectivity index is 2.41. The monoisotopic (exact) mass is 208 g/mol. The van der Waals surface area contributed by atoms with Crippen LogP contribution in [0.15, 0.2) is 42.5 Å². The van der Waals surface area contributed by atoms with Gasteiger partial charge in [0.1, 0.15) is 0 Å². The molecule has 0 heterocycles. The molecule has 2 unspecified atom stereocenters. The normalized spacial score (nSPS) is 14.6. The fourth-order valence-electron chi connectivity index (χ4n) is 1.06. The van der Waals surface area contributed by atoms with Gasteiger partial charge in [0.15, 0.2) is 6.29 Å². The topological polar surface area (TPSA) is 49.7 Å². The molecule has 1 aromatic rings. The largest absolute Gasteiger partial charge is 0.389 e. The van der Waals surface area contributed by atoms with Crippen molar-refractivity contribution in [3.8, 4) is 0 Å². The van der Waals surface area contributed by atoms with Crippen LogP contribution in [-0.4, -0.2) is 22.6 Å². The van der Waals surface area contributed by atoms with Gasteiger partial charge in [0.05, 0.1) is 12.7 Å². The van der Waals surface area contributed by atoms with Gasteiger partial charge >= 0.3 is 0 Å². The zero-order valence-electron chi connectivity index (χ0n) is 8.76. The number of hydrogen-bond acceptors (Lipinski definition) is 3. The molecule has 0 fully saturated rings. The lowest BCUT2D eigenvalue weighted by molar-refractivity contribution is -0.0899. The Hall–Kier alpha value is -1.16. The van der Waals surface area contributed by atoms with Crippen molar-refractivity contribution < 1.29 is 14.9 Å². The number of rotatable bonds is 5. The number of aliphatic hydroxyl groups is 2. The fourth-order valence-corrected chi connectivity index (χ4v) is 1.06. The smallest absolute Gasteiger partial charge is 0.179 e. The van der Waals surface area contributed by atoms with Crippen LogP contribution >= 0.6 is 0 Å². The summed E-state index contributed by atoms with van der Waals surface area (Å²) in [6.07, 6.45) is -1.89. The second-order valence-corrected chi connectivity index (χ2v) is 3.40. The van der Waals surface area contributed by atoms with E-state index in [2.05, 4.69) is 6.58 Å². The molecule has 0 amide bonds. The molecule has 0 aliphatic heterocycles. The van der Waals surface area contributed by atoms with Gasteiger partial charge in [-0.3, -0.25) is 0 Å². The van der Waals surface area contributed by atoms with Crippen molar-refractivity contribution in [3.63, 3.8) is 0 Å². The molecule has 0 aliphatic carbocycles. The van der Waals surface area contributed by atoms with Crippen molar-refractivity contribution in [2.45, 2.75) is 25.9 Å². The highest BCUT2D eigenvalue weighted by molar-refractivity contribution is 5.13. The molecule has 0 spiro atoms. The molecule has 1 rings (SSSR count). The maximum atomic E-state index is 9.47. The number of ether oxygens (including phenoxy) is 1. The van der Waals surface area contributed by atoms with E-state index in [0.29, 0.717) is 6.61 Å². The molecule has 15 heavy (non-hydrogen) atoms. The van der Waals surface area contributed by atoms with Gasteiger partial charge in [-0.2, -0.15) is 0 Å². The Morgan fingerprint density at radius 3 is 2.47 bits per heavy atom. The first-order valence-corrected chi connectivity index (χ1v) is 4.81. The molecule has 3 nitrogen and oxygen atoms in total. The SMILES string of the molecule is C=C(C(C)O)C(O)OCc1ccccc1. The van der Waals surface area contributed by atoms with E-state index in [1.807, 2.05) is 30.3 Å². The molecular weight excluding hydrogens is 192 g/mol. The van der Waals surface area contributed by atoms with E-state index in [9.17, 15) is 5.11 Å². The predicted octanol–water partition coefficient (Wildman–Crippen LogP) is 1.46. The van der Waals surface area contributed by atoms with E-state index in [0.717, 1.165) is 5.56 Å². The van der Waals surface area contributed by atoms with Gasteiger partial charge in [-0.05, 0) is 12.5 Å². The minimum absolute atomic E-state index is 0.269. The summed E-state index contributed by atoms with van der Waals surface area (Å²) in [6.45, 7) is 5.38. The first-order chi connectivity index (χ1) is 7.11. The summed E-state index contributed by atoms with van der Waals surface area (Å²) in [6, 6.07) is 9.51. The third-order valence-electron chi connectivity index (χ3n) is 2.10. The summed E-state index contributed by atoms with van der Waals surface area (Å²) >= 11 is 0. The van der Waals surface area contributed by atoms with E-state index >= 15 is 0 Å². The zero-order valence-corrected chi connectivity index (χ0v) is 8.76. The number of benzene rings is 1. The summed E-state index contributed by atoms with van der Waals surface area (Å²) in [5.41, 5.74) is 1.24. The van der Waals surface area contributed by atoms with Crippen LogP contribution in [0.1, 0.15) is 12.5 Å². The fraction of sp³-hybridized carbons (Fsp3) is 0.333. The molecule has 0 aliphatic rings. The highest BCUT2D eigenvalue weighted by atomic mass is 16.6. The lowest BCUT2D eigenvalue weighted by Crippen LogP contribution is -2.21. The summed E-state index contributed by atoms with van der Waals surface area (Å²) in [4.78, 5) is 0. The van der Waals surface area contributed by atoms with Crippen molar-refractivity contribution in [1.29, 1.82) is 0 Å². The highest BCUT2D eigenvalue weighted by Gasteiger charge is 2.13. The predicted molar refractivity (Wildman–Crippen MR) is 58.1 cm³/mol. The highest BCUT2D eigenvalue weighted by Crippen LogP contribution is 2.09. The summed E-state index contributed by atoms with van der Waals surface area (Å²) in [5.74, 6) is 0. The summed E-state index contributed by atoms with van der Waals surface area (Å²) < 4.78 is 5.15. The van der Waals surface area contributed by atoms with Crippen molar-refractivity contribution in [2.24, 2.45) is 0 Å². The van der Waals surface area contributed by atoms with E-state index in [4.69, 9.17) is 9.84 Å². The van der Waals surface area contributed by atoms with Crippen LogP contribution in [-0.2, 0) is 11.3 Å². The maximum Gasteiger partial charge on any atom is 0.179 e. The van der Waals surface area contributed by atoms with Crippen LogP contribution in [0.5, 0.6) is 0 Å². The van der Waals surface area contributed by atoms with Crippen LogP contribution in [0.2, 0.25) is 0 Å². The lowest BCUT2D eigenvalue weighted by atomic mass is 10.2. The Bertz CT molecular complexity index is 306. The molecule has 0 saturated carbocycles. The summed E-state index contributed by atoms with van der Waals surface area (Å²) in [7, 11) is 0. The van der Waals surface area contributed by atoms with Gasteiger partial charge in [0.2, 0.25) is 0 Å². The second kappa shape index (κ2) is 5.66. The average Bonchev–Trinajstić information content (AvgIpc) is 2.26. The first-order valence-electron chi connectivity index (χ1n) is 4.81. The molecule has 2 N–H and O–H groups in total. The molecule has 0 saturated heterocycles. The van der Waals surface area contributed by atoms with Crippen molar-refractivity contribution >= 4 is 0 Å². The third-order valence-corrected chi connectivity index (χ3v) is 2.10. The molecular formula is C12H16O3. The van der Waals surface area contributed by atoms with E-state index in [-0.39, 0.29) is 5.57 Å². The van der Waals surface area contributed by atoms with Crippen molar-refractivity contribution in [3.05, 3.63) is 48.0 Å². The standard InChI is InChI=1S/C12H16O3/c1-9(10(2)13)12(14)15-8-11-6-4-3-5-7-11/h3-7,10,12-14H,1,8H2,2H3. The van der Waals surface area contributed by atoms with E-state index in [1.165, 1.54) is 6.92 Å². The van der Waals surface area contributed by atoms with Gasteiger partial charge in [0.25, 0.3) is 0 Å². The van der Waals surface area contributed by atoms with Gasteiger partial charge in [0, 0.05) is 5.57 Å². The maximum absolute atomic E-state index is 9.47. The lowest BCUT2D eigenvalue weighted by Gasteiger charge is -2.16. The quantitative estimate of drug-likeness (QED) is 0.569. The molecule has 0 aromatic heterocycles. The van der Waals surface area contributed by atoms with Gasteiger partial charge in [-0.1, -0.05) is 36.9 Å². The van der Waals surface area contributed by atoms with Crippen LogP contribution in [0.3, 0.4) is 0 Å². The Morgan fingerprint density at radius 2 is 1.93 bits per heavy atom. The van der Waals surface area contributed by atoms with Crippen LogP contribution in [0, 0.1) is 0 Å². The zero-order chi connectivity index (χ0) is 11.3. The molecule has 82 valence electrons. The number of hydrogen-bond donors (Lipinski definition) is 2. The molecule has 0 bridgehead atoms. The summed E-state index contributed by atoms with van der Waals surface area (Å²) in [5, 5.41) is 18.6. The first kappa shape index (κ1) is 11.9. The van der Waals surface area contributed by atoms with Crippen molar-refractivity contribution in [2.75, 3.05) is 0 Å². The molecule has 2 atom stereocenters. The van der Waals surface area contributed by atoms with Crippen LogP contribution < -0.4 is 0 Å². The van der Waals surface area contributed by atoms with Crippen LogP contribution in [0.4, 0.5) is 0 Å². The minimum Gasteiger partial charge on any atom is -0.389 e. The molecule has 0 radical (unpaired) electrons. The minimum atomic E-state index is -1.12. The van der Waals surface area contributed by atoms with E-state index < -0.39 is 12.4 Å². The van der Waals surface area contributed by atoms with E-state index in [1.54, 1.807) is 0 Å². The third kappa shape index (κ3) is 3.83. The second-order valence-electron chi connectivity index (χ2n) is 3.40. The average molecular weight is 208 g/mol. The number of aliphatic hydroxyl groups excluding tert-OH is 2. The van der Waals surface area contributed by atoms with Gasteiger partial charge in [-0.15, -0.1) is 0 Å². The van der Waals surface area contributed by atoms with Crippen molar-refractivity contribution in [1.82, 2.24) is 0 Å². The Morgan fingerprint density at radius 1 is 1.33 bits per heavy atom. The van der Waals surface area contributed by atoms with Gasteiger partial charge < -0.3 is 14.9 Å². The molecule has 3 heteroatoms. The Labute approximate surface area is 89.6 Å². The van der Waals surface area contributed by atoms with Gasteiger partial charge in [-0.25, -0.2) is 0 Å². The Kier molecular flexibility index (Phi) is 4.49.